The molecule has 1 aromatic heterocycles. The second kappa shape index (κ2) is 10.6. The number of aromatic amines is 1. The molecule has 4 N–H and O–H groups in total. The summed E-state index contributed by atoms with van der Waals surface area (Å²) < 4.78 is 1.82. The molecule has 0 spiro atoms. The second-order valence-corrected chi connectivity index (χ2v) is 9.17. The van der Waals surface area contributed by atoms with Gasteiger partial charge < -0.3 is 20.6 Å². The first-order chi connectivity index (χ1) is 17.9. The summed E-state index contributed by atoms with van der Waals surface area (Å²) >= 11 is 5.12. The lowest BCUT2D eigenvalue weighted by atomic mass is 9.97. The number of carboxylic acids is 1. The number of carbonyl (C=O) groups is 2. The van der Waals surface area contributed by atoms with Gasteiger partial charge in [0.2, 0.25) is 4.77 Å². The summed E-state index contributed by atoms with van der Waals surface area (Å²) in [6.07, 6.45) is 2.01. The molecule has 0 unspecified atom stereocenters. The van der Waals surface area contributed by atoms with Crippen molar-refractivity contribution >= 4 is 41.3 Å². The van der Waals surface area contributed by atoms with Crippen molar-refractivity contribution in [1.29, 1.82) is 0 Å². The van der Waals surface area contributed by atoms with Gasteiger partial charge in [-0.1, -0.05) is 40.6 Å². The van der Waals surface area contributed by atoms with E-state index in [1.807, 2.05) is 48.5 Å². The van der Waals surface area contributed by atoms with E-state index in [0.717, 1.165) is 42.7 Å². The van der Waals surface area contributed by atoms with Crippen LogP contribution in [0.3, 0.4) is 0 Å². The fourth-order valence-electron chi connectivity index (χ4n) is 4.47. The molecular weight excluding hydrogens is 490 g/mol. The van der Waals surface area contributed by atoms with Crippen molar-refractivity contribution in [2.45, 2.75) is 25.8 Å². The number of fused-ring (bicyclic) bond motifs is 1. The number of nitrogens with one attached hydrogen (secondary N) is 3. The second-order valence-electron chi connectivity index (χ2n) is 8.80. The maximum atomic E-state index is 12.6. The molecule has 2 amide bonds. The number of H-pyrrole nitrogens is 1. The van der Waals surface area contributed by atoms with Gasteiger partial charge in [0, 0.05) is 30.2 Å². The van der Waals surface area contributed by atoms with E-state index in [-0.39, 0.29) is 17.2 Å². The molecule has 0 radical (unpaired) electrons. The Morgan fingerprint density at radius 1 is 1.00 bits per heavy atom. The molecule has 5 rings (SSSR count). The minimum Gasteiger partial charge on any atom is -0.481 e. The van der Waals surface area contributed by atoms with Crippen LogP contribution in [-0.4, -0.2) is 43.9 Å². The molecule has 4 aromatic rings. The number of aliphatic carboxylic acids is 1. The Bertz CT molecular complexity index is 1500. The van der Waals surface area contributed by atoms with Gasteiger partial charge >= 0.3 is 12.0 Å². The summed E-state index contributed by atoms with van der Waals surface area (Å²) in [6, 6.07) is 20.5. The quantitative estimate of drug-likeness (QED) is 0.266. The summed E-state index contributed by atoms with van der Waals surface area (Å²) in [5, 5.41) is 24.9. The number of hydrogen-bond acceptors (Lipinski definition) is 6. The summed E-state index contributed by atoms with van der Waals surface area (Å²) in [5.74, 6) is -0.819. The van der Waals surface area contributed by atoms with Gasteiger partial charge in [0.15, 0.2) is 0 Å². The van der Waals surface area contributed by atoms with E-state index in [2.05, 4.69) is 31.1 Å². The molecule has 37 heavy (non-hydrogen) atoms. The zero-order valence-corrected chi connectivity index (χ0v) is 20.7. The Hall–Kier alpha value is -4.51. The standard InChI is InChI=1S/C26H25N7O3S/c34-24(35)14-18-8-11-23-19(13-18)3-2-12-32(23)16-17-6-9-20(10-7-17)27-25(36)28-21-4-1-5-22(15-21)33-26(37)29-30-31-33/h1,4-11,13,15H,2-3,12,14,16H2,(H,34,35)(H2,27,28,36)(H,29,31,37). The number of nitrogens with zero attached hydrogens (tertiary/aromatic N) is 4. The van der Waals surface area contributed by atoms with Gasteiger partial charge in [-0.15, -0.1) is 0 Å². The first-order valence-electron chi connectivity index (χ1n) is 11.8. The molecule has 10 nitrogen and oxygen atoms in total. The third-order valence-corrected chi connectivity index (χ3v) is 6.40. The van der Waals surface area contributed by atoms with Crippen LogP contribution in [0.2, 0.25) is 0 Å². The number of anilines is 3. The third-order valence-electron chi connectivity index (χ3n) is 6.13. The van der Waals surface area contributed by atoms with Crippen LogP contribution in [0.15, 0.2) is 66.7 Å². The Labute approximate surface area is 217 Å². The van der Waals surface area contributed by atoms with Crippen LogP contribution in [0.5, 0.6) is 0 Å². The number of amides is 2. The summed E-state index contributed by atoms with van der Waals surface area (Å²) in [5.41, 5.74) is 6.26. The molecule has 0 saturated carbocycles. The Morgan fingerprint density at radius 3 is 2.54 bits per heavy atom. The summed E-state index contributed by atoms with van der Waals surface area (Å²) in [6.45, 7) is 1.67. The number of rotatable bonds is 7. The van der Waals surface area contributed by atoms with Gasteiger partial charge in [-0.2, -0.15) is 5.21 Å². The summed E-state index contributed by atoms with van der Waals surface area (Å²) in [4.78, 5) is 25.9. The monoisotopic (exact) mass is 515 g/mol. The molecule has 1 aliphatic rings. The first kappa shape index (κ1) is 24.2. The highest BCUT2D eigenvalue weighted by Gasteiger charge is 2.18. The fraction of sp³-hybridized carbons (Fsp3) is 0.192. The highest BCUT2D eigenvalue weighted by molar-refractivity contribution is 7.71. The molecule has 3 aromatic carbocycles. The van der Waals surface area contributed by atoms with Crippen molar-refractivity contribution in [3.05, 3.63) is 88.2 Å². The van der Waals surface area contributed by atoms with Gasteiger partial charge in [-0.25, -0.2) is 9.48 Å². The molecule has 0 atom stereocenters. The van der Waals surface area contributed by atoms with Crippen molar-refractivity contribution < 1.29 is 14.7 Å². The molecule has 0 saturated heterocycles. The van der Waals surface area contributed by atoms with Gasteiger partial charge in [-0.3, -0.25) is 4.79 Å². The van der Waals surface area contributed by atoms with E-state index in [4.69, 9.17) is 17.3 Å². The number of benzene rings is 3. The van der Waals surface area contributed by atoms with Gasteiger partial charge in [-0.05, 0) is 78.1 Å². The maximum absolute atomic E-state index is 12.6. The smallest absolute Gasteiger partial charge is 0.323 e. The lowest BCUT2D eigenvalue weighted by Crippen LogP contribution is -2.29. The number of hydrogen-bond donors (Lipinski definition) is 4. The zero-order valence-electron chi connectivity index (χ0n) is 19.8. The van der Waals surface area contributed by atoms with E-state index in [0.29, 0.717) is 17.1 Å². The average Bonchev–Trinajstić information content (AvgIpc) is 3.31. The van der Waals surface area contributed by atoms with Crippen LogP contribution in [0.4, 0.5) is 21.9 Å². The van der Waals surface area contributed by atoms with Crippen molar-refractivity contribution in [1.82, 2.24) is 20.2 Å². The van der Waals surface area contributed by atoms with Crippen molar-refractivity contribution in [3.63, 3.8) is 0 Å². The minimum atomic E-state index is -0.819. The molecular formula is C26H25N7O3S. The van der Waals surface area contributed by atoms with Gasteiger partial charge in [0.1, 0.15) is 0 Å². The number of carboxylic acid groups (broad SMARTS) is 1. The molecule has 0 fully saturated rings. The molecule has 188 valence electrons. The lowest BCUT2D eigenvalue weighted by molar-refractivity contribution is -0.136. The molecule has 11 heteroatoms. The number of carbonyl (C=O) groups excluding carboxylic acids is 1. The molecule has 2 heterocycles. The zero-order chi connectivity index (χ0) is 25.8. The Kier molecular flexibility index (Phi) is 6.95. The first-order valence-corrected chi connectivity index (χ1v) is 12.2. The third kappa shape index (κ3) is 5.84. The largest absolute Gasteiger partial charge is 0.481 e. The molecule has 0 bridgehead atoms. The van der Waals surface area contributed by atoms with Gasteiger partial charge in [0.05, 0.1) is 12.1 Å². The van der Waals surface area contributed by atoms with E-state index in [1.54, 1.807) is 18.2 Å². The van der Waals surface area contributed by atoms with E-state index in [1.165, 1.54) is 10.2 Å². The fourth-order valence-corrected chi connectivity index (χ4v) is 4.66. The predicted molar refractivity (Wildman–Crippen MR) is 143 cm³/mol. The van der Waals surface area contributed by atoms with Crippen LogP contribution in [0, 0.1) is 4.77 Å². The Morgan fingerprint density at radius 2 is 1.78 bits per heavy atom. The van der Waals surface area contributed by atoms with Crippen molar-refractivity contribution in [2.24, 2.45) is 0 Å². The number of aromatic nitrogens is 4. The topological polar surface area (TPSA) is 128 Å². The van der Waals surface area contributed by atoms with Crippen LogP contribution in [0.25, 0.3) is 5.69 Å². The maximum Gasteiger partial charge on any atom is 0.323 e. The van der Waals surface area contributed by atoms with E-state index >= 15 is 0 Å². The van der Waals surface area contributed by atoms with Crippen LogP contribution in [0.1, 0.15) is 23.1 Å². The minimum absolute atomic E-state index is 0.0386. The lowest BCUT2D eigenvalue weighted by Gasteiger charge is -2.32. The van der Waals surface area contributed by atoms with E-state index in [9.17, 15) is 9.59 Å². The van der Waals surface area contributed by atoms with E-state index < -0.39 is 5.97 Å². The average molecular weight is 516 g/mol. The number of tetrazole rings is 1. The highest BCUT2D eigenvalue weighted by atomic mass is 32.1. The normalized spacial score (nSPS) is 12.6. The van der Waals surface area contributed by atoms with Gasteiger partial charge in [0.25, 0.3) is 0 Å². The number of aryl methyl sites for hydroxylation is 1. The van der Waals surface area contributed by atoms with Crippen LogP contribution in [-0.2, 0) is 24.2 Å². The van der Waals surface area contributed by atoms with Crippen molar-refractivity contribution in [2.75, 3.05) is 22.1 Å². The van der Waals surface area contributed by atoms with Crippen LogP contribution >= 0.6 is 12.2 Å². The Balaban J connectivity index is 1.20. The molecule has 0 aliphatic carbocycles. The van der Waals surface area contributed by atoms with Crippen LogP contribution < -0.4 is 15.5 Å². The molecule has 1 aliphatic heterocycles. The predicted octanol–water partition coefficient (Wildman–Crippen LogP) is 4.55. The summed E-state index contributed by atoms with van der Waals surface area (Å²) in [7, 11) is 0. The number of urea groups is 1. The highest BCUT2D eigenvalue weighted by Crippen LogP contribution is 2.30. The SMILES string of the molecule is O=C(O)Cc1ccc2c(c1)CCCN2Cc1ccc(NC(=O)Nc2cccc(-n3[nH]nnc3=S)c2)cc1. The van der Waals surface area contributed by atoms with Crippen molar-refractivity contribution in [3.8, 4) is 5.69 Å².